The first-order valence-electron chi connectivity index (χ1n) is 10.7. The monoisotopic (exact) mass is 536 g/mol. The molecule has 4 rings (SSSR count). The molecule has 0 bridgehead atoms. The van der Waals surface area contributed by atoms with E-state index in [0.29, 0.717) is 18.0 Å². The van der Waals surface area contributed by atoms with Crippen LogP contribution in [0.2, 0.25) is 0 Å². The number of benzene rings is 2. The van der Waals surface area contributed by atoms with Crippen LogP contribution in [-0.2, 0) is 0 Å². The Morgan fingerprint density at radius 1 is 0.968 bits per heavy atom. The first-order valence-corrected chi connectivity index (χ1v) is 10.7. The van der Waals surface area contributed by atoms with Crippen LogP contribution in [0.4, 0.5) is 5.69 Å². The Kier molecular flexibility index (Phi) is 8.28. The van der Waals surface area contributed by atoms with Gasteiger partial charge in [0.2, 0.25) is 0 Å². The largest absolute Gasteiger partial charge is 0.497 e. The number of hydrogen-bond acceptors (Lipinski definition) is 4. The van der Waals surface area contributed by atoms with Gasteiger partial charge in [0, 0.05) is 62.0 Å². The molecule has 1 saturated carbocycles. The van der Waals surface area contributed by atoms with Crippen molar-refractivity contribution in [3.63, 3.8) is 0 Å². The smallest absolute Gasteiger partial charge is 0.191 e. The van der Waals surface area contributed by atoms with E-state index < -0.39 is 0 Å². The first kappa shape index (κ1) is 23.5. The van der Waals surface area contributed by atoms with Gasteiger partial charge >= 0.3 is 0 Å². The number of anilines is 1. The molecule has 0 radical (unpaired) electrons. The standard InChI is InChI=1S/C24H32N4O2.HI/c1-25-24(27-23-16-22(23)17-7-5-4-6-8-17)26-18-9-11-28(12-10-18)19-13-20(29-2)15-21(14-19)30-3;/h4-8,13-15,18,22-23H,9-12,16H2,1-3H3,(H2,25,26,27);1H. The van der Waals surface area contributed by atoms with Gasteiger partial charge in [0.25, 0.3) is 0 Å². The molecule has 2 aromatic rings. The van der Waals surface area contributed by atoms with Crippen LogP contribution < -0.4 is 25.0 Å². The third-order valence-corrected chi connectivity index (χ3v) is 6.10. The van der Waals surface area contributed by atoms with Crippen molar-refractivity contribution in [2.24, 2.45) is 4.99 Å². The van der Waals surface area contributed by atoms with E-state index in [9.17, 15) is 0 Å². The maximum atomic E-state index is 5.42. The average Bonchev–Trinajstić information content (AvgIpc) is 3.58. The van der Waals surface area contributed by atoms with Crippen molar-refractivity contribution < 1.29 is 9.47 Å². The maximum absolute atomic E-state index is 5.42. The Labute approximate surface area is 202 Å². The van der Waals surface area contributed by atoms with E-state index in [2.05, 4.69) is 63.0 Å². The normalized spacial score (nSPS) is 21.1. The molecular weight excluding hydrogens is 503 g/mol. The zero-order chi connectivity index (χ0) is 20.9. The Balaban J connectivity index is 0.00000272. The number of methoxy groups -OCH3 is 2. The van der Waals surface area contributed by atoms with Crippen LogP contribution in [-0.4, -0.2) is 52.4 Å². The van der Waals surface area contributed by atoms with Gasteiger partial charge in [-0.3, -0.25) is 4.99 Å². The summed E-state index contributed by atoms with van der Waals surface area (Å²) in [6, 6.07) is 17.7. The highest BCUT2D eigenvalue weighted by molar-refractivity contribution is 14.0. The molecule has 31 heavy (non-hydrogen) atoms. The second-order valence-corrected chi connectivity index (χ2v) is 8.05. The zero-order valence-electron chi connectivity index (χ0n) is 18.5. The van der Waals surface area contributed by atoms with Gasteiger partial charge in [0.15, 0.2) is 5.96 Å². The highest BCUT2D eigenvalue weighted by Gasteiger charge is 2.39. The summed E-state index contributed by atoms with van der Waals surface area (Å²) in [6.45, 7) is 1.97. The Morgan fingerprint density at radius 3 is 2.19 bits per heavy atom. The van der Waals surface area contributed by atoms with E-state index in [0.717, 1.165) is 49.1 Å². The van der Waals surface area contributed by atoms with Crippen molar-refractivity contribution in [3.05, 3.63) is 54.1 Å². The SMILES string of the molecule is CN=C(NC1CCN(c2cc(OC)cc(OC)c2)CC1)NC1CC1c1ccccc1.I. The number of ether oxygens (including phenoxy) is 2. The fraction of sp³-hybridized carbons (Fsp3) is 0.458. The molecule has 6 nitrogen and oxygen atoms in total. The van der Waals surface area contributed by atoms with Gasteiger partial charge < -0.3 is 25.0 Å². The maximum Gasteiger partial charge on any atom is 0.191 e. The predicted molar refractivity (Wildman–Crippen MR) is 137 cm³/mol. The lowest BCUT2D eigenvalue weighted by Gasteiger charge is -2.34. The zero-order valence-corrected chi connectivity index (χ0v) is 20.8. The molecule has 7 heteroatoms. The van der Waals surface area contributed by atoms with E-state index in [-0.39, 0.29) is 24.0 Å². The molecule has 1 aliphatic carbocycles. The van der Waals surface area contributed by atoms with Gasteiger partial charge in [0.1, 0.15) is 11.5 Å². The highest BCUT2D eigenvalue weighted by atomic mass is 127. The van der Waals surface area contributed by atoms with Crippen LogP contribution in [0.25, 0.3) is 0 Å². The molecule has 168 valence electrons. The molecule has 0 spiro atoms. The molecule has 2 aliphatic rings. The third kappa shape index (κ3) is 5.96. The number of nitrogens with one attached hydrogen (secondary N) is 2. The minimum absolute atomic E-state index is 0. The van der Waals surface area contributed by atoms with Gasteiger partial charge in [-0.2, -0.15) is 0 Å². The molecule has 2 fully saturated rings. The molecule has 1 heterocycles. The second kappa shape index (κ2) is 10.9. The van der Waals surface area contributed by atoms with Crippen molar-refractivity contribution in [1.29, 1.82) is 0 Å². The van der Waals surface area contributed by atoms with Crippen molar-refractivity contribution >= 4 is 35.6 Å². The lowest BCUT2D eigenvalue weighted by atomic mass is 10.0. The van der Waals surface area contributed by atoms with Crippen LogP contribution in [0.1, 0.15) is 30.7 Å². The average molecular weight is 536 g/mol. The number of nitrogens with zero attached hydrogens (tertiary/aromatic N) is 2. The van der Waals surface area contributed by atoms with Crippen LogP contribution >= 0.6 is 24.0 Å². The summed E-state index contributed by atoms with van der Waals surface area (Å²) in [4.78, 5) is 6.86. The number of guanidine groups is 1. The van der Waals surface area contributed by atoms with Gasteiger partial charge in [-0.15, -0.1) is 24.0 Å². The lowest BCUT2D eigenvalue weighted by Crippen LogP contribution is -2.49. The third-order valence-electron chi connectivity index (χ3n) is 6.10. The summed E-state index contributed by atoms with van der Waals surface area (Å²) in [5, 5.41) is 7.23. The van der Waals surface area contributed by atoms with Crippen molar-refractivity contribution in [1.82, 2.24) is 10.6 Å². The summed E-state index contributed by atoms with van der Waals surface area (Å²) in [6.07, 6.45) is 3.29. The van der Waals surface area contributed by atoms with Gasteiger partial charge in [-0.25, -0.2) is 0 Å². The number of aliphatic imine (C=N–C) groups is 1. The van der Waals surface area contributed by atoms with Crippen LogP contribution in [0.15, 0.2) is 53.5 Å². The Morgan fingerprint density at radius 2 is 1.61 bits per heavy atom. The van der Waals surface area contributed by atoms with Crippen molar-refractivity contribution in [3.8, 4) is 11.5 Å². The molecule has 2 aromatic carbocycles. The fourth-order valence-corrected chi connectivity index (χ4v) is 4.22. The van der Waals surface area contributed by atoms with Gasteiger partial charge in [-0.1, -0.05) is 30.3 Å². The molecule has 1 saturated heterocycles. The number of halogens is 1. The summed E-state index contributed by atoms with van der Waals surface area (Å²) in [5.41, 5.74) is 2.56. The van der Waals surface area contributed by atoms with E-state index in [1.165, 1.54) is 12.0 Å². The van der Waals surface area contributed by atoms with E-state index in [4.69, 9.17) is 9.47 Å². The summed E-state index contributed by atoms with van der Waals surface area (Å²) < 4.78 is 10.8. The van der Waals surface area contributed by atoms with Gasteiger partial charge in [0.05, 0.1) is 14.2 Å². The highest BCUT2D eigenvalue weighted by Crippen LogP contribution is 2.40. The molecule has 1 aliphatic heterocycles. The fourth-order valence-electron chi connectivity index (χ4n) is 4.22. The number of rotatable bonds is 6. The quantitative estimate of drug-likeness (QED) is 0.332. The number of piperidine rings is 1. The van der Waals surface area contributed by atoms with E-state index >= 15 is 0 Å². The Hall–Kier alpha value is -2.16. The van der Waals surface area contributed by atoms with Crippen LogP contribution in [0, 0.1) is 0 Å². The minimum Gasteiger partial charge on any atom is -0.497 e. The van der Waals surface area contributed by atoms with Crippen molar-refractivity contribution in [2.45, 2.75) is 37.3 Å². The predicted octanol–water partition coefficient (Wildman–Crippen LogP) is 4.01. The molecule has 0 amide bonds. The van der Waals surface area contributed by atoms with E-state index in [1.807, 2.05) is 13.1 Å². The van der Waals surface area contributed by atoms with Crippen LogP contribution in [0.5, 0.6) is 11.5 Å². The van der Waals surface area contributed by atoms with Crippen molar-refractivity contribution in [2.75, 3.05) is 39.3 Å². The van der Waals surface area contributed by atoms with Crippen LogP contribution in [0.3, 0.4) is 0 Å². The topological polar surface area (TPSA) is 58.1 Å². The first-order chi connectivity index (χ1) is 14.7. The van der Waals surface area contributed by atoms with E-state index in [1.54, 1.807) is 14.2 Å². The number of hydrogen-bond donors (Lipinski definition) is 2. The second-order valence-electron chi connectivity index (χ2n) is 8.05. The molecule has 2 atom stereocenters. The molecular formula is C24H33IN4O2. The minimum atomic E-state index is 0. The van der Waals surface area contributed by atoms with Gasteiger partial charge in [-0.05, 0) is 24.8 Å². The Bertz CT molecular complexity index is 847. The summed E-state index contributed by atoms with van der Waals surface area (Å²) in [7, 11) is 5.23. The summed E-state index contributed by atoms with van der Waals surface area (Å²) in [5.74, 6) is 3.16. The molecule has 2 unspecified atom stereocenters. The molecule has 2 N–H and O–H groups in total. The lowest BCUT2D eigenvalue weighted by molar-refractivity contribution is 0.393. The molecule has 0 aromatic heterocycles. The summed E-state index contributed by atoms with van der Waals surface area (Å²) >= 11 is 0.